The molecule has 1 aromatic heterocycles. The Morgan fingerprint density at radius 1 is 1.22 bits per heavy atom. The van der Waals surface area contributed by atoms with Gasteiger partial charge in [-0.2, -0.15) is 0 Å². The first-order chi connectivity index (χ1) is 13.1. The molecule has 1 aliphatic carbocycles. The molecule has 2 aromatic rings. The third kappa shape index (κ3) is 5.31. The molecule has 1 aromatic carbocycles. The van der Waals surface area contributed by atoms with Crippen LogP contribution in [0.2, 0.25) is 0 Å². The quantitative estimate of drug-likeness (QED) is 0.653. The minimum Gasteiger partial charge on any atom is -0.381 e. The Bertz CT molecular complexity index is 861. The number of benzene rings is 1. The lowest BCUT2D eigenvalue weighted by atomic mass is 10.1. The van der Waals surface area contributed by atoms with E-state index in [-0.39, 0.29) is 0 Å². The number of carbonyl (C=O) groups excluding carboxylic acids is 1. The number of halogens is 2. The largest absolute Gasteiger partial charge is 0.381 e. The zero-order chi connectivity index (χ0) is 19.8. The maximum absolute atomic E-state index is 10.8. The number of aldehydes is 1. The number of hydrogen-bond donors (Lipinski definition) is 2. The molecule has 1 aliphatic rings. The summed E-state index contributed by atoms with van der Waals surface area (Å²) in [4.78, 5) is 19.5. The highest BCUT2D eigenvalue weighted by molar-refractivity contribution is 6.36. The van der Waals surface area contributed by atoms with Gasteiger partial charge in [0.1, 0.15) is 6.29 Å². The highest BCUT2D eigenvalue weighted by Crippen LogP contribution is 2.31. The monoisotopic (exact) mass is 404 g/mol. The van der Waals surface area contributed by atoms with Crippen LogP contribution in [0.5, 0.6) is 0 Å². The standard InChI is InChI=1S/C18H16Cl2N4O.C2H6/c19-14-2-1-3-15(20)13(14)8-23-18-17(21)22-9-16(24-18)12-6-4-11(10-25)5-7-12;1-2/h2,4-7,9-10H,1,3,8H2,(H2,21,22)(H,23,24);1-2H3. The minimum absolute atomic E-state index is 0.292. The minimum atomic E-state index is 0.292. The van der Waals surface area contributed by atoms with Gasteiger partial charge in [-0.25, -0.2) is 9.97 Å². The molecule has 0 saturated carbocycles. The second-order valence-electron chi connectivity index (χ2n) is 5.56. The maximum atomic E-state index is 10.8. The zero-order valence-electron chi connectivity index (χ0n) is 15.3. The number of nitrogens with one attached hydrogen (secondary N) is 1. The van der Waals surface area contributed by atoms with Gasteiger partial charge in [-0.1, -0.05) is 67.4 Å². The number of rotatable bonds is 5. The van der Waals surface area contributed by atoms with E-state index in [0.29, 0.717) is 34.5 Å². The molecule has 0 aliphatic heterocycles. The van der Waals surface area contributed by atoms with Crippen molar-refractivity contribution in [2.75, 3.05) is 17.6 Å². The van der Waals surface area contributed by atoms with E-state index in [4.69, 9.17) is 28.9 Å². The van der Waals surface area contributed by atoms with Crippen molar-refractivity contribution >= 4 is 41.1 Å². The molecule has 27 heavy (non-hydrogen) atoms. The van der Waals surface area contributed by atoms with Crippen molar-refractivity contribution < 1.29 is 4.79 Å². The predicted octanol–water partition coefficient (Wildman–Crippen LogP) is 5.39. The highest BCUT2D eigenvalue weighted by atomic mass is 35.5. The molecule has 1 heterocycles. The summed E-state index contributed by atoms with van der Waals surface area (Å²) >= 11 is 12.5. The predicted molar refractivity (Wildman–Crippen MR) is 113 cm³/mol. The van der Waals surface area contributed by atoms with Crippen LogP contribution in [0, 0.1) is 0 Å². The van der Waals surface area contributed by atoms with Gasteiger partial charge in [0, 0.05) is 33.3 Å². The fourth-order valence-corrected chi connectivity index (χ4v) is 3.10. The average molecular weight is 405 g/mol. The smallest absolute Gasteiger partial charge is 0.169 e. The summed E-state index contributed by atoms with van der Waals surface area (Å²) < 4.78 is 0. The fraction of sp³-hybridized carbons (Fsp3) is 0.250. The molecular formula is C20H22Cl2N4O. The Hall–Kier alpha value is -2.37. The molecule has 0 atom stereocenters. The fourth-order valence-electron chi connectivity index (χ4n) is 2.48. The Kier molecular flexibility index (Phi) is 7.82. The third-order valence-corrected chi connectivity index (χ3v) is 4.68. The number of carbonyl (C=O) groups is 1. The van der Waals surface area contributed by atoms with Gasteiger partial charge in [-0.15, -0.1) is 0 Å². The SMILES string of the molecule is CC.Nc1ncc(-c2ccc(C=O)cc2)nc1NCC1=C(Cl)CCC=C1Cl. The zero-order valence-corrected chi connectivity index (χ0v) is 16.8. The van der Waals surface area contributed by atoms with Crippen LogP contribution in [0.1, 0.15) is 37.0 Å². The first-order valence-corrected chi connectivity index (χ1v) is 9.49. The topological polar surface area (TPSA) is 80.9 Å². The number of hydrogen-bond acceptors (Lipinski definition) is 5. The van der Waals surface area contributed by atoms with E-state index in [0.717, 1.165) is 35.3 Å². The number of anilines is 2. The molecule has 3 N–H and O–H groups in total. The first kappa shape index (κ1) is 20.9. The third-order valence-electron chi connectivity index (χ3n) is 3.88. The molecule has 0 saturated heterocycles. The highest BCUT2D eigenvalue weighted by Gasteiger charge is 2.14. The summed E-state index contributed by atoms with van der Waals surface area (Å²) in [7, 11) is 0. The number of nitrogens with two attached hydrogens (primary N) is 1. The van der Waals surface area contributed by atoms with E-state index >= 15 is 0 Å². The summed E-state index contributed by atoms with van der Waals surface area (Å²) in [5.41, 5.74) is 8.86. The number of aromatic nitrogens is 2. The number of nitrogens with zero attached hydrogens (tertiary/aromatic N) is 2. The lowest BCUT2D eigenvalue weighted by molar-refractivity contribution is 0.112. The molecule has 0 unspecified atom stereocenters. The summed E-state index contributed by atoms with van der Waals surface area (Å²) in [5.74, 6) is 0.755. The number of allylic oxidation sites excluding steroid dienone is 2. The lowest BCUT2D eigenvalue weighted by Crippen LogP contribution is -2.12. The van der Waals surface area contributed by atoms with Crippen LogP contribution in [0.15, 0.2) is 52.2 Å². The van der Waals surface area contributed by atoms with E-state index in [1.807, 2.05) is 32.1 Å². The van der Waals surface area contributed by atoms with Crippen molar-refractivity contribution in [3.8, 4) is 11.3 Å². The maximum Gasteiger partial charge on any atom is 0.169 e. The molecule has 0 fully saturated rings. The molecule has 0 radical (unpaired) electrons. The van der Waals surface area contributed by atoms with Crippen molar-refractivity contribution in [1.29, 1.82) is 0 Å². The van der Waals surface area contributed by atoms with Crippen LogP contribution in [-0.2, 0) is 0 Å². The molecule has 3 rings (SSSR count). The van der Waals surface area contributed by atoms with Crippen molar-refractivity contribution in [1.82, 2.24) is 9.97 Å². The van der Waals surface area contributed by atoms with Crippen molar-refractivity contribution in [3.63, 3.8) is 0 Å². The van der Waals surface area contributed by atoms with E-state index in [2.05, 4.69) is 15.3 Å². The van der Waals surface area contributed by atoms with Crippen molar-refractivity contribution in [2.24, 2.45) is 0 Å². The summed E-state index contributed by atoms with van der Waals surface area (Å²) in [5, 5.41) is 4.55. The van der Waals surface area contributed by atoms with Crippen LogP contribution < -0.4 is 11.1 Å². The summed E-state index contributed by atoms with van der Waals surface area (Å²) in [6.45, 7) is 4.42. The summed E-state index contributed by atoms with van der Waals surface area (Å²) in [6.07, 6.45) is 5.96. The Morgan fingerprint density at radius 2 is 1.93 bits per heavy atom. The van der Waals surface area contributed by atoms with Crippen molar-refractivity contribution in [2.45, 2.75) is 26.7 Å². The normalized spacial score (nSPS) is 13.4. The van der Waals surface area contributed by atoms with E-state index in [1.165, 1.54) is 0 Å². The molecule has 5 nitrogen and oxygen atoms in total. The van der Waals surface area contributed by atoms with Gasteiger partial charge in [0.2, 0.25) is 0 Å². The van der Waals surface area contributed by atoms with Gasteiger partial charge >= 0.3 is 0 Å². The van der Waals surface area contributed by atoms with E-state index < -0.39 is 0 Å². The molecule has 0 spiro atoms. The lowest BCUT2D eigenvalue weighted by Gasteiger charge is -2.16. The van der Waals surface area contributed by atoms with Gasteiger partial charge in [0.05, 0.1) is 11.9 Å². The van der Waals surface area contributed by atoms with E-state index in [1.54, 1.807) is 18.3 Å². The van der Waals surface area contributed by atoms with E-state index in [9.17, 15) is 4.79 Å². The molecule has 142 valence electrons. The van der Waals surface area contributed by atoms with Gasteiger partial charge in [0.25, 0.3) is 0 Å². The number of nitrogen functional groups attached to an aromatic ring is 1. The molecule has 0 bridgehead atoms. The molecule has 7 heteroatoms. The average Bonchev–Trinajstić information content (AvgIpc) is 2.70. The van der Waals surface area contributed by atoms with Gasteiger partial charge in [-0.05, 0) is 12.8 Å². The second kappa shape index (κ2) is 10.1. The Labute approximate surface area is 169 Å². The van der Waals surface area contributed by atoms with Crippen LogP contribution in [0.4, 0.5) is 11.6 Å². The van der Waals surface area contributed by atoms with Crippen molar-refractivity contribution in [3.05, 3.63) is 57.7 Å². The molecule has 0 amide bonds. The van der Waals surface area contributed by atoms with Crippen LogP contribution in [-0.4, -0.2) is 22.8 Å². The summed E-state index contributed by atoms with van der Waals surface area (Å²) in [6, 6.07) is 7.08. The van der Waals surface area contributed by atoms with Gasteiger partial charge in [0.15, 0.2) is 11.6 Å². The Morgan fingerprint density at radius 3 is 2.56 bits per heavy atom. The first-order valence-electron chi connectivity index (χ1n) is 8.74. The van der Waals surface area contributed by atoms with Gasteiger partial charge in [-0.3, -0.25) is 4.79 Å². The molecular weight excluding hydrogens is 383 g/mol. The van der Waals surface area contributed by atoms with Crippen LogP contribution in [0.3, 0.4) is 0 Å². The Balaban J connectivity index is 0.00000126. The van der Waals surface area contributed by atoms with Gasteiger partial charge < -0.3 is 11.1 Å². The second-order valence-corrected chi connectivity index (χ2v) is 6.42. The van der Waals surface area contributed by atoms with Crippen LogP contribution >= 0.6 is 23.2 Å². The van der Waals surface area contributed by atoms with Crippen LogP contribution in [0.25, 0.3) is 11.3 Å².